The average Bonchev–Trinajstić information content (AvgIpc) is 3.52. The Balaban J connectivity index is 1.24. The first-order chi connectivity index (χ1) is 18.2. The van der Waals surface area contributed by atoms with Crippen molar-refractivity contribution in [1.29, 1.82) is 0 Å². The van der Waals surface area contributed by atoms with Crippen LogP contribution in [0.5, 0.6) is 6.01 Å². The second kappa shape index (κ2) is 9.11. The molecule has 5 aliphatic rings. The van der Waals surface area contributed by atoms with Gasteiger partial charge in [-0.3, -0.25) is 4.90 Å². The van der Waals surface area contributed by atoms with E-state index in [9.17, 15) is 9.50 Å². The van der Waals surface area contributed by atoms with Crippen LogP contribution in [-0.2, 0) is 29.8 Å². The minimum Gasteiger partial charge on any atom is -0.461 e. The lowest BCUT2D eigenvalue weighted by atomic mass is 9.86. The van der Waals surface area contributed by atoms with E-state index in [-0.39, 0.29) is 5.54 Å². The lowest BCUT2D eigenvalue weighted by Gasteiger charge is -2.41. The fourth-order valence-electron chi connectivity index (χ4n) is 7.69. The Kier molecular flexibility index (Phi) is 6.04. The van der Waals surface area contributed by atoms with Gasteiger partial charge in [-0.2, -0.15) is 9.97 Å². The van der Waals surface area contributed by atoms with Gasteiger partial charge in [-0.05, 0) is 75.3 Å². The summed E-state index contributed by atoms with van der Waals surface area (Å²) in [7, 11) is 0. The van der Waals surface area contributed by atoms with E-state index in [0.717, 1.165) is 73.2 Å². The molecule has 4 atom stereocenters. The molecule has 0 amide bonds. The fraction of sp³-hybridized carbons (Fsp3) is 0.655. The minimum atomic E-state index is -0.798. The van der Waals surface area contributed by atoms with E-state index >= 15 is 0 Å². The number of nitrogens with zero attached hydrogens (tertiary/aromatic N) is 4. The van der Waals surface area contributed by atoms with Gasteiger partial charge in [0.1, 0.15) is 18.6 Å². The van der Waals surface area contributed by atoms with Gasteiger partial charge in [0.15, 0.2) is 0 Å². The van der Waals surface area contributed by atoms with Crippen LogP contribution in [-0.4, -0.2) is 70.1 Å². The van der Waals surface area contributed by atoms with Crippen molar-refractivity contribution in [2.75, 3.05) is 37.7 Å². The number of benzene rings is 1. The highest BCUT2D eigenvalue weighted by Gasteiger charge is 2.50. The average molecular weight is 588 g/mol. The van der Waals surface area contributed by atoms with Crippen molar-refractivity contribution in [2.24, 2.45) is 0 Å². The SMILES string of the molecule is C[C@@]1(O)CCCN(c2nc(OC[C@@]34CCCN3C[C@H](F)C4)nc3c2CO[C@@]2(CCc4ccc(Br)cc42)C3)C1. The predicted molar refractivity (Wildman–Crippen MR) is 145 cm³/mol. The molecule has 204 valence electrons. The molecule has 2 aromatic rings. The molecule has 7 rings (SSSR count). The number of aryl methyl sites for hydroxylation is 1. The van der Waals surface area contributed by atoms with Crippen molar-refractivity contribution in [3.05, 3.63) is 45.1 Å². The van der Waals surface area contributed by atoms with E-state index in [0.29, 0.717) is 45.2 Å². The summed E-state index contributed by atoms with van der Waals surface area (Å²) < 4.78 is 28.5. The quantitative estimate of drug-likeness (QED) is 0.567. The van der Waals surface area contributed by atoms with Gasteiger partial charge in [0.2, 0.25) is 0 Å². The summed E-state index contributed by atoms with van der Waals surface area (Å²) in [5, 5.41) is 10.9. The van der Waals surface area contributed by atoms with Crippen molar-refractivity contribution in [2.45, 2.75) is 87.8 Å². The first-order valence-corrected chi connectivity index (χ1v) is 14.9. The number of hydrogen-bond acceptors (Lipinski definition) is 7. The third-order valence-electron chi connectivity index (χ3n) is 9.56. The number of aromatic nitrogens is 2. The number of anilines is 1. The maximum absolute atomic E-state index is 14.4. The van der Waals surface area contributed by atoms with Crippen molar-refractivity contribution in [3.8, 4) is 6.01 Å². The van der Waals surface area contributed by atoms with E-state index in [1.54, 1.807) is 0 Å². The van der Waals surface area contributed by atoms with Gasteiger partial charge in [-0.15, -0.1) is 0 Å². The van der Waals surface area contributed by atoms with Gasteiger partial charge >= 0.3 is 6.01 Å². The summed E-state index contributed by atoms with van der Waals surface area (Å²) in [4.78, 5) is 14.3. The zero-order valence-electron chi connectivity index (χ0n) is 22.0. The molecule has 1 aromatic heterocycles. The zero-order chi connectivity index (χ0) is 26.1. The molecule has 38 heavy (non-hydrogen) atoms. The molecule has 9 heteroatoms. The second-order valence-corrected chi connectivity index (χ2v) is 13.3. The van der Waals surface area contributed by atoms with Crippen molar-refractivity contribution >= 4 is 21.7 Å². The number of fused-ring (bicyclic) bond motifs is 4. The maximum Gasteiger partial charge on any atom is 0.318 e. The molecule has 4 aliphatic heterocycles. The number of halogens is 2. The summed E-state index contributed by atoms with van der Waals surface area (Å²) >= 11 is 3.65. The van der Waals surface area contributed by atoms with Crippen LogP contribution in [0.1, 0.15) is 67.8 Å². The Morgan fingerprint density at radius 3 is 2.95 bits per heavy atom. The van der Waals surface area contributed by atoms with Crippen LogP contribution in [0.2, 0.25) is 0 Å². The molecule has 0 radical (unpaired) electrons. The highest BCUT2D eigenvalue weighted by molar-refractivity contribution is 9.10. The molecule has 3 fully saturated rings. The monoisotopic (exact) mass is 586 g/mol. The molecule has 7 nitrogen and oxygen atoms in total. The van der Waals surface area contributed by atoms with E-state index in [2.05, 4.69) is 43.9 Å². The van der Waals surface area contributed by atoms with Crippen molar-refractivity contribution in [3.63, 3.8) is 0 Å². The number of hydrogen-bond donors (Lipinski definition) is 1. The Labute approximate surface area is 231 Å². The largest absolute Gasteiger partial charge is 0.461 e. The van der Waals surface area contributed by atoms with Crippen LogP contribution < -0.4 is 9.64 Å². The molecule has 3 saturated heterocycles. The summed E-state index contributed by atoms with van der Waals surface area (Å²) in [6.45, 7) is 5.48. The normalized spacial score (nSPS) is 34.4. The smallest absolute Gasteiger partial charge is 0.318 e. The number of β-amino-alcohol motifs (C(OH)–C–C–N with tert-alkyl or cyclic N) is 1. The number of alkyl halides is 1. The Hall–Kier alpha value is -1.81. The van der Waals surface area contributed by atoms with E-state index in [1.807, 2.05) is 6.92 Å². The molecule has 1 aliphatic carbocycles. The van der Waals surface area contributed by atoms with Crippen LogP contribution in [0, 0.1) is 0 Å². The number of aliphatic hydroxyl groups is 1. The topological polar surface area (TPSA) is 71.0 Å². The van der Waals surface area contributed by atoms with Gasteiger partial charge in [-0.1, -0.05) is 22.0 Å². The maximum atomic E-state index is 14.4. The van der Waals surface area contributed by atoms with Crippen LogP contribution in [0.3, 0.4) is 0 Å². The highest BCUT2D eigenvalue weighted by atomic mass is 79.9. The number of ether oxygens (including phenoxy) is 2. The minimum absolute atomic E-state index is 0.255. The molecule has 1 spiro atoms. The van der Waals surface area contributed by atoms with E-state index in [4.69, 9.17) is 19.4 Å². The third-order valence-corrected chi connectivity index (χ3v) is 10.1. The molecule has 0 unspecified atom stereocenters. The molecule has 0 bridgehead atoms. The van der Waals surface area contributed by atoms with Gasteiger partial charge in [0.25, 0.3) is 0 Å². The zero-order valence-corrected chi connectivity index (χ0v) is 23.6. The Morgan fingerprint density at radius 1 is 1.21 bits per heavy atom. The fourth-order valence-corrected chi connectivity index (χ4v) is 8.05. The van der Waals surface area contributed by atoms with Crippen LogP contribution >= 0.6 is 15.9 Å². The van der Waals surface area contributed by atoms with Crippen LogP contribution in [0.4, 0.5) is 10.2 Å². The van der Waals surface area contributed by atoms with Crippen LogP contribution in [0.25, 0.3) is 0 Å². The highest BCUT2D eigenvalue weighted by Crippen LogP contribution is 2.48. The van der Waals surface area contributed by atoms with E-state index < -0.39 is 17.4 Å². The summed E-state index contributed by atoms with van der Waals surface area (Å²) in [5.74, 6) is 0.808. The predicted octanol–water partition coefficient (Wildman–Crippen LogP) is 4.46. The first-order valence-electron chi connectivity index (χ1n) is 14.1. The lowest BCUT2D eigenvalue weighted by molar-refractivity contribution is -0.0731. The van der Waals surface area contributed by atoms with Gasteiger partial charge in [0, 0.05) is 42.5 Å². The van der Waals surface area contributed by atoms with Gasteiger partial charge in [0.05, 0.1) is 29.0 Å². The molecule has 1 aromatic carbocycles. The Morgan fingerprint density at radius 2 is 2.08 bits per heavy atom. The number of rotatable bonds is 4. The summed E-state index contributed by atoms with van der Waals surface area (Å²) in [6, 6.07) is 6.84. The van der Waals surface area contributed by atoms with Gasteiger partial charge < -0.3 is 19.5 Å². The molecule has 5 heterocycles. The summed E-state index contributed by atoms with van der Waals surface area (Å²) in [5.41, 5.74) is 3.09. The second-order valence-electron chi connectivity index (χ2n) is 12.4. The van der Waals surface area contributed by atoms with Crippen LogP contribution in [0.15, 0.2) is 22.7 Å². The standard InChI is InChI=1S/C29H36BrFN4O3/c1-27(36)7-2-10-34(17-27)25-22-16-38-29(9-6-19-4-5-20(30)12-23(19)29)14-24(22)32-26(33-25)37-18-28-8-3-11-35(28)15-21(31)13-28/h4-5,12,21,36H,2-3,6-11,13-18H2,1H3/t21-,27-,28+,29+/m1/s1. The summed E-state index contributed by atoms with van der Waals surface area (Å²) in [6.07, 6.45) is 5.96. The van der Waals surface area contributed by atoms with E-state index in [1.165, 1.54) is 11.1 Å². The lowest BCUT2D eigenvalue weighted by Crippen LogP contribution is -2.47. The first kappa shape index (κ1) is 25.2. The molecule has 1 N–H and O–H groups in total. The number of piperidine rings is 1. The molecular weight excluding hydrogens is 551 g/mol. The van der Waals surface area contributed by atoms with Crippen molar-refractivity contribution in [1.82, 2.24) is 14.9 Å². The Bertz CT molecular complexity index is 1260. The molecule has 0 saturated carbocycles. The molecular formula is C29H36BrFN4O3. The van der Waals surface area contributed by atoms with Gasteiger partial charge in [-0.25, -0.2) is 4.39 Å². The van der Waals surface area contributed by atoms with Crippen molar-refractivity contribution < 1.29 is 19.0 Å². The third kappa shape index (κ3) is 4.25.